The molecule has 0 atom stereocenters. The van der Waals surface area contributed by atoms with Gasteiger partial charge in [0, 0.05) is 13.1 Å². The van der Waals surface area contributed by atoms with Crippen LogP contribution in [0.3, 0.4) is 0 Å². The van der Waals surface area contributed by atoms with Gasteiger partial charge in [0.1, 0.15) is 0 Å². The first-order valence-electron chi connectivity index (χ1n) is 5.06. The number of hydrogen-bond donors (Lipinski definition) is 1. The monoisotopic (exact) mass is 605 g/mol. The fourth-order valence-electron chi connectivity index (χ4n) is 1.01. The number of rotatable bonds is 6. The molecule has 0 rings (SSSR count). The highest BCUT2D eigenvalue weighted by atomic mass is 35.6. The average Bonchev–Trinajstić information content (AvgIpc) is 2.24. The number of hydrogen-bond acceptors (Lipinski definition) is 1. The molecule has 140 valence electrons. The Morgan fingerprint density at radius 3 is 0.826 bits per heavy atom. The van der Waals surface area contributed by atoms with Crippen LogP contribution in [0.5, 0.6) is 0 Å². The lowest BCUT2D eigenvalue weighted by Gasteiger charge is -2.40. The summed E-state index contributed by atoms with van der Waals surface area (Å²) in [6.45, 7) is -0.691. The summed E-state index contributed by atoms with van der Waals surface area (Å²) in [4.78, 5) is 0. The van der Waals surface area contributed by atoms with Crippen LogP contribution in [-0.2, 0) is 0 Å². The topological polar surface area (TPSA) is 12.0 Å². The maximum atomic E-state index is 6.00. The summed E-state index contributed by atoms with van der Waals surface area (Å²) >= 11 is 81.4. The molecule has 0 aromatic rings. The Morgan fingerprint density at radius 2 is 0.652 bits per heavy atom. The minimum Gasteiger partial charge on any atom is -0.311 e. The third-order valence-corrected chi connectivity index (χ3v) is 10.1. The molecule has 0 aliphatic carbocycles. The lowest BCUT2D eigenvalue weighted by molar-refractivity contribution is 0.533. The highest BCUT2D eigenvalue weighted by Gasteiger charge is 2.61. The predicted octanol–water partition coefficient (Wildman–Crippen LogP) is 8.01. The van der Waals surface area contributed by atoms with E-state index >= 15 is 0 Å². The molecule has 0 amide bonds. The van der Waals surface area contributed by atoms with Gasteiger partial charge in [0.25, 0.3) is 0 Å². The van der Waals surface area contributed by atoms with Gasteiger partial charge in [-0.15, -0.1) is 0 Å². The molecule has 23 heavy (non-hydrogen) atoms. The standard InChI is InChI=1S/C8H5Cl14N/c9-3(10,5(13,14)7(17,18)19)1-23-2-4(11,12)6(15,16)8(20,21)22/h23H,1-2H2. The summed E-state index contributed by atoms with van der Waals surface area (Å²) in [7, 11) is 0. The quantitative estimate of drug-likeness (QED) is 0.300. The molecule has 0 unspecified atom stereocenters. The van der Waals surface area contributed by atoms with Gasteiger partial charge >= 0.3 is 0 Å². The van der Waals surface area contributed by atoms with Crippen molar-refractivity contribution in [2.24, 2.45) is 0 Å². The van der Waals surface area contributed by atoms with Gasteiger partial charge < -0.3 is 5.32 Å². The summed E-state index contributed by atoms with van der Waals surface area (Å²) in [5.74, 6) is 0. The van der Waals surface area contributed by atoms with E-state index in [2.05, 4.69) is 5.32 Å². The molecule has 0 saturated heterocycles. The van der Waals surface area contributed by atoms with E-state index in [1.54, 1.807) is 0 Å². The molecule has 0 aliphatic heterocycles. The molecular formula is C8H5Cl14N. The molecule has 0 radical (unpaired) electrons. The normalized spacial score (nSPS) is 15.9. The largest absolute Gasteiger partial charge is 0.311 e. The zero-order valence-electron chi connectivity index (χ0n) is 10.2. The molecule has 1 nitrogen and oxygen atoms in total. The van der Waals surface area contributed by atoms with E-state index in [4.69, 9.17) is 162 Å². The molecule has 0 bridgehead atoms. The Balaban J connectivity index is 5.03. The molecule has 0 spiro atoms. The van der Waals surface area contributed by atoms with Crippen molar-refractivity contribution < 1.29 is 0 Å². The van der Waals surface area contributed by atoms with Crippen LogP contribution in [0.15, 0.2) is 0 Å². The van der Waals surface area contributed by atoms with Crippen LogP contribution >= 0.6 is 162 Å². The van der Waals surface area contributed by atoms with Crippen LogP contribution in [-0.4, -0.2) is 38.0 Å². The summed E-state index contributed by atoms with van der Waals surface area (Å²) in [6.07, 6.45) is 0. The van der Waals surface area contributed by atoms with Crippen LogP contribution in [0, 0.1) is 0 Å². The predicted molar refractivity (Wildman–Crippen MR) is 111 cm³/mol. The van der Waals surface area contributed by atoms with Gasteiger partial charge in [-0.3, -0.25) is 0 Å². The Hall–Kier alpha value is 4.02. The Kier molecular flexibility index (Phi) is 10.3. The SMILES string of the molecule is ClC(Cl)(Cl)C(Cl)(Cl)C(Cl)(Cl)CNCC(Cl)(Cl)C(Cl)(Cl)C(Cl)(Cl)Cl. The van der Waals surface area contributed by atoms with E-state index in [-0.39, 0.29) is 13.1 Å². The van der Waals surface area contributed by atoms with Crippen LogP contribution in [0.1, 0.15) is 0 Å². The van der Waals surface area contributed by atoms with Crippen LogP contribution in [0.4, 0.5) is 0 Å². The van der Waals surface area contributed by atoms with Gasteiger partial charge in [0.05, 0.1) is 0 Å². The first-order valence-corrected chi connectivity index (χ1v) is 10.4. The van der Waals surface area contributed by atoms with Crippen molar-refractivity contribution in [1.82, 2.24) is 5.32 Å². The minimum absolute atomic E-state index is 0.345. The van der Waals surface area contributed by atoms with Gasteiger partial charge in [-0.1, -0.05) is 162 Å². The Bertz CT molecular complexity index is 366. The van der Waals surface area contributed by atoms with Crippen LogP contribution < -0.4 is 5.32 Å². The third-order valence-electron chi connectivity index (χ3n) is 2.32. The second-order valence-corrected chi connectivity index (χ2v) is 14.3. The molecule has 0 heterocycles. The lowest BCUT2D eigenvalue weighted by atomic mass is 10.2. The van der Waals surface area contributed by atoms with E-state index in [1.807, 2.05) is 0 Å². The third kappa shape index (κ3) is 6.51. The van der Waals surface area contributed by atoms with Gasteiger partial charge in [-0.2, -0.15) is 0 Å². The van der Waals surface area contributed by atoms with E-state index in [1.165, 1.54) is 0 Å². The van der Waals surface area contributed by atoms with Crippen LogP contribution in [0.2, 0.25) is 0 Å². The van der Waals surface area contributed by atoms with E-state index in [9.17, 15) is 0 Å². The summed E-state index contributed by atoms with van der Waals surface area (Å²) in [5, 5.41) is 2.60. The minimum atomic E-state index is -2.21. The van der Waals surface area contributed by atoms with E-state index in [0.29, 0.717) is 0 Å². The van der Waals surface area contributed by atoms with Crippen molar-refractivity contribution >= 4 is 162 Å². The fraction of sp³-hybridized carbons (Fsp3) is 1.00. The zero-order chi connectivity index (χ0) is 19.1. The van der Waals surface area contributed by atoms with Crippen molar-refractivity contribution in [2.75, 3.05) is 13.1 Å². The van der Waals surface area contributed by atoms with Gasteiger partial charge in [-0.25, -0.2) is 0 Å². The summed E-state index contributed by atoms with van der Waals surface area (Å²) < 4.78 is -12.8. The smallest absolute Gasteiger partial charge is 0.226 e. The molecule has 0 aromatic carbocycles. The number of alkyl halides is 14. The average molecular weight is 611 g/mol. The molecule has 0 aromatic heterocycles. The van der Waals surface area contributed by atoms with Crippen molar-refractivity contribution in [2.45, 2.75) is 24.9 Å². The molecular weight excluding hydrogens is 606 g/mol. The van der Waals surface area contributed by atoms with E-state index < -0.39 is 24.9 Å². The van der Waals surface area contributed by atoms with Crippen molar-refractivity contribution in [3.05, 3.63) is 0 Å². The number of halogens is 14. The lowest BCUT2D eigenvalue weighted by Crippen LogP contribution is -2.56. The second kappa shape index (κ2) is 8.80. The van der Waals surface area contributed by atoms with E-state index in [0.717, 1.165) is 0 Å². The zero-order valence-corrected chi connectivity index (χ0v) is 20.8. The van der Waals surface area contributed by atoms with Crippen LogP contribution in [0.25, 0.3) is 0 Å². The fourth-order valence-corrected chi connectivity index (χ4v) is 3.77. The highest BCUT2D eigenvalue weighted by Crippen LogP contribution is 2.57. The van der Waals surface area contributed by atoms with Gasteiger partial charge in [-0.05, 0) is 0 Å². The molecule has 1 N–H and O–H groups in total. The Morgan fingerprint density at radius 1 is 0.435 bits per heavy atom. The maximum Gasteiger partial charge on any atom is 0.226 e. The molecule has 0 aliphatic rings. The number of nitrogens with one attached hydrogen (secondary N) is 1. The molecule has 0 fully saturated rings. The van der Waals surface area contributed by atoms with Crippen molar-refractivity contribution in [1.29, 1.82) is 0 Å². The highest BCUT2D eigenvalue weighted by molar-refractivity contribution is 6.79. The molecule has 15 heteroatoms. The Labute approximate surface area is 203 Å². The second-order valence-electron chi connectivity index (χ2n) is 4.16. The first kappa shape index (κ1) is 27.0. The van der Waals surface area contributed by atoms with Gasteiger partial charge in [0.15, 0.2) is 17.3 Å². The maximum absolute atomic E-state index is 6.00. The first-order chi connectivity index (χ1) is 9.71. The van der Waals surface area contributed by atoms with Crippen molar-refractivity contribution in [3.63, 3.8) is 0 Å². The van der Waals surface area contributed by atoms with Gasteiger partial charge in [0.2, 0.25) is 7.59 Å². The summed E-state index contributed by atoms with van der Waals surface area (Å²) in [5.41, 5.74) is 0. The molecule has 0 saturated carbocycles. The summed E-state index contributed by atoms with van der Waals surface area (Å²) in [6, 6.07) is 0. The van der Waals surface area contributed by atoms with Crippen molar-refractivity contribution in [3.8, 4) is 0 Å².